The standard InChI is InChI=1S/C14H18N4O.C14H15N/c1-11-13(4-3-5-16-11)14(10-15)18-8-6-17(7-9-18)12(2)19;1-14(15,12-8-4-2-5-9-12)13-10-6-3-7-11-13/h3-5,14H,6-9H2,1-2H3;2-11H,15H2,1H3. The highest BCUT2D eigenvalue weighted by Gasteiger charge is 2.27. The fraction of sp³-hybridized carbons (Fsp3) is 0.321. The van der Waals surface area contributed by atoms with E-state index >= 15 is 0 Å². The summed E-state index contributed by atoms with van der Waals surface area (Å²) in [4.78, 5) is 19.5. The molecular weight excluding hydrogens is 422 g/mol. The summed E-state index contributed by atoms with van der Waals surface area (Å²) < 4.78 is 0. The second-order valence-electron chi connectivity index (χ2n) is 8.69. The van der Waals surface area contributed by atoms with E-state index in [2.05, 4.69) is 40.2 Å². The van der Waals surface area contributed by atoms with Crippen LogP contribution in [-0.2, 0) is 10.3 Å². The molecule has 0 bridgehead atoms. The van der Waals surface area contributed by atoms with E-state index in [-0.39, 0.29) is 11.9 Å². The number of pyridine rings is 1. The number of rotatable bonds is 4. The second-order valence-corrected chi connectivity index (χ2v) is 8.69. The maximum Gasteiger partial charge on any atom is 0.219 e. The van der Waals surface area contributed by atoms with Gasteiger partial charge in [0, 0.05) is 50.6 Å². The molecule has 6 nitrogen and oxygen atoms in total. The molecule has 3 aromatic rings. The highest BCUT2D eigenvalue weighted by Crippen LogP contribution is 2.26. The highest BCUT2D eigenvalue weighted by molar-refractivity contribution is 5.73. The molecule has 1 aromatic heterocycles. The molecule has 2 aromatic carbocycles. The Morgan fingerprint density at radius 2 is 1.50 bits per heavy atom. The lowest BCUT2D eigenvalue weighted by Crippen LogP contribution is -2.49. The molecule has 6 heteroatoms. The molecule has 1 aliphatic rings. The van der Waals surface area contributed by atoms with Crippen LogP contribution in [0.3, 0.4) is 0 Å². The Hall–Kier alpha value is -3.53. The predicted octanol–water partition coefficient (Wildman–Crippen LogP) is 4.03. The number of carbonyl (C=O) groups excluding carboxylic acids is 1. The average molecular weight is 456 g/mol. The lowest BCUT2D eigenvalue weighted by molar-refractivity contribution is -0.130. The van der Waals surface area contributed by atoms with Gasteiger partial charge in [-0.25, -0.2) is 0 Å². The minimum absolute atomic E-state index is 0.103. The maximum atomic E-state index is 11.3. The quantitative estimate of drug-likeness (QED) is 0.642. The molecule has 1 saturated heterocycles. The number of carbonyl (C=O) groups is 1. The number of aromatic nitrogens is 1. The van der Waals surface area contributed by atoms with Crippen molar-refractivity contribution in [3.8, 4) is 6.07 Å². The molecule has 1 atom stereocenters. The third-order valence-corrected chi connectivity index (χ3v) is 6.34. The SMILES string of the molecule is CC(=O)N1CCN(C(C#N)c2cccnc2C)CC1.CC(N)(c1ccccc1)c1ccccc1. The van der Waals surface area contributed by atoms with Gasteiger partial charge in [-0.1, -0.05) is 66.7 Å². The predicted molar refractivity (Wildman–Crippen MR) is 135 cm³/mol. The van der Waals surface area contributed by atoms with Crippen molar-refractivity contribution in [3.63, 3.8) is 0 Å². The Bertz CT molecular complexity index is 1060. The van der Waals surface area contributed by atoms with Crippen LogP contribution in [0.1, 0.15) is 42.3 Å². The van der Waals surface area contributed by atoms with Gasteiger partial charge < -0.3 is 10.6 Å². The van der Waals surface area contributed by atoms with Gasteiger partial charge in [0.2, 0.25) is 5.91 Å². The highest BCUT2D eigenvalue weighted by atomic mass is 16.2. The van der Waals surface area contributed by atoms with Gasteiger partial charge in [0.05, 0.1) is 11.6 Å². The molecule has 2 heterocycles. The first kappa shape index (κ1) is 25.1. The number of hydrogen-bond donors (Lipinski definition) is 1. The number of hydrogen-bond acceptors (Lipinski definition) is 5. The van der Waals surface area contributed by atoms with E-state index in [1.54, 1.807) is 13.1 Å². The zero-order valence-electron chi connectivity index (χ0n) is 20.2. The molecule has 34 heavy (non-hydrogen) atoms. The van der Waals surface area contributed by atoms with E-state index in [0.717, 1.165) is 35.5 Å². The molecule has 0 aliphatic carbocycles. The lowest BCUT2D eigenvalue weighted by atomic mass is 9.86. The van der Waals surface area contributed by atoms with Crippen LogP contribution < -0.4 is 5.73 Å². The van der Waals surface area contributed by atoms with E-state index in [0.29, 0.717) is 13.1 Å². The number of nitriles is 1. The van der Waals surface area contributed by atoms with Gasteiger partial charge in [-0.3, -0.25) is 14.7 Å². The lowest BCUT2D eigenvalue weighted by Gasteiger charge is -2.36. The zero-order chi connectivity index (χ0) is 24.6. The van der Waals surface area contributed by atoms with Crippen LogP contribution in [0.25, 0.3) is 0 Å². The van der Waals surface area contributed by atoms with Crippen molar-refractivity contribution >= 4 is 5.91 Å². The summed E-state index contributed by atoms with van der Waals surface area (Å²) in [6, 6.07) is 26.2. The molecule has 1 unspecified atom stereocenters. The van der Waals surface area contributed by atoms with Crippen LogP contribution in [0.2, 0.25) is 0 Å². The molecular formula is C28H33N5O. The van der Waals surface area contributed by atoms with Crippen LogP contribution >= 0.6 is 0 Å². The van der Waals surface area contributed by atoms with E-state index in [1.807, 2.05) is 67.3 Å². The Morgan fingerprint density at radius 1 is 0.971 bits per heavy atom. The molecule has 1 aliphatic heterocycles. The number of benzene rings is 2. The molecule has 0 spiro atoms. The molecule has 1 fully saturated rings. The van der Waals surface area contributed by atoms with Crippen molar-refractivity contribution in [1.29, 1.82) is 5.26 Å². The fourth-order valence-electron chi connectivity index (χ4n) is 4.16. The van der Waals surface area contributed by atoms with E-state index in [9.17, 15) is 10.1 Å². The summed E-state index contributed by atoms with van der Waals surface area (Å²) in [5, 5.41) is 9.43. The van der Waals surface area contributed by atoms with Gasteiger partial charge in [0.25, 0.3) is 0 Å². The van der Waals surface area contributed by atoms with Crippen LogP contribution in [0.15, 0.2) is 79.0 Å². The number of piperazine rings is 1. The average Bonchev–Trinajstić information content (AvgIpc) is 2.87. The third-order valence-electron chi connectivity index (χ3n) is 6.34. The van der Waals surface area contributed by atoms with Gasteiger partial charge in [-0.05, 0) is 31.0 Å². The summed E-state index contributed by atoms with van der Waals surface area (Å²) in [5.74, 6) is 0.103. The molecule has 0 saturated carbocycles. The molecule has 4 rings (SSSR count). The number of aryl methyl sites for hydroxylation is 1. The first-order valence-corrected chi connectivity index (χ1v) is 11.5. The Labute approximate surface area is 202 Å². The summed E-state index contributed by atoms with van der Waals surface area (Å²) >= 11 is 0. The maximum absolute atomic E-state index is 11.3. The number of nitrogens with two attached hydrogens (primary N) is 1. The van der Waals surface area contributed by atoms with E-state index in [1.165, 1.54) is 0 Å². The minimum atomic E-state index is -0.414. The van der Waals surface area contributed by atoms with E-state index < -0.39 is 5.54 Å². The van der Waals surface area contributed by atoms with Crippen LogP contribution in [0.5, 0.6) is 0 Å². The molecule has 0 radical (unpaired) electrons. The monoisotopic (exact) mass is 455 g/mol. The molecule has 1 amide bonds. The Morgan fingerprint density at radius 3 is 1.94 bits per heavy atom. The summed E-state index contributed by atoms with van der Waals surface area (Å²) in [6.07, 6.45) is 1.74. The molecule has 2 N–H and O–H groups in total. The van der Waals surface area contributed by atoms with Gasteiger partial charge in [-0.15, -0.1) is 0 Å². The van der Waals surface area contributed by atoms with Gasteiger partial charge in [0.1, 0.15) is 6.04 Å². The summed E-state index contributed by atoms with van der Waals surface area (Å²) in [5.41, 5.74) is 10.1. The van der Waals surface area contributed by atoms with Crippen LogP contribution in [0, 0.1) is 18.3 Å². The van der Waals surface area contributed by atoms with Gasteiger partial charge in [0.15, 0.2) is 0 Å². The Kier molecular flexibility index (Phi) is 8.53. The topological polar surface area (TPSA) is 86.2 Å². The van der Waals surface area contributed by atoms with Gasteiger partial charge >= 0.3 is 0 Å². The summed E-state index contributed by atoms with van der Waals surface area (Å²) in [7, 11) is 0. The smallest absolute Gasteiger partial charge is 0.219 e. The van der Waals surface area contributed by atoms with Crippen molar-refractivity contribution in [2.45, 2.75) is 32.4 Å². The zero-order valence-corrected chi connectivity index (χ0v) is 20.2. The summed E-state index contributed by atoms with van der Waals surface area (Å²) in [6.45, 7) is 8.38. The van der Waals surface area contributed by atoms with Gasteiger partial charge in [-0.2, -0.15) is 5.26 Å². The first-order valence-electron chi connectivity index (χ1n) is 11.5. The molecule has 176 valence electrons. The fourth-order valence-corrected chi connectivity index (χ4v) is 4.16. The van der Waals surface area contributed by atoms with E-state index in [4.69, 9.17) is 5.73 Å². The van der Waals surface area contributed by atoms with Crippen LogP contribution in [-0.4, -0.2) is 46.9 Å². The normalized spacial score (nSPS) is 15.0. The van der Waals surface area contributed by atoms with Crippen molar-refractivity contribution in [1.82, 2.24) is 14.8 Å². The Balaban J connectivity index is 0.000000196. The second kappa shape index (κ2) is 11.6. The number of amides is 1. The minimum Gasteiger partial charge on any atom is -0.340 e. The van der Waals surface area contributed by atoms with Crippen molar-refractivity contribution < 1.29 is 4.79 Å². The van der Waals surface area contributed by atoms with Crippen molar-refractivity contribution in [2.75, 3.05) is 26.2 Å². The number of nitrogens with zero attached hydrogens (tertiary/aromatic N) is 4. The first-order chi connectivity index (χ1) is 16.3. The van der Waals surface area contributed by atoms with Crippen molar-refractivity contribution in [2.24, 2.45) is 5.73 Å². The van der Waals surface area contributed by atoms with Crippen LogP contribution in [0.4, 0.5) is 0 Å². The largest absolute Gasteiger partial charge is 0.340 e. The third kappa shape index (κ3) is 6.07. The van der Waals surface area contributed by atoms with Crippen molar-refractivity contribution in [3.05, 3.63) is 101 Å².